The number of ether oxygens (including phenoxy) is 1. The van der Waals surface area contributed by atoms with Crippen LogP contribution in [0.5, 0.6) is 5.75 Å². The van der Waals surface area contributed by atoms with Gasteiger partial charge in [-0.3, -0.25) is 4.79 Å². The summed E-state index contributed by atoms with van der Waals surface area (Å²) in [5.74, 6) is 0.756. The Morgan fingerprint density at radius 2 is 1.93 bits per heavy atom. The minimum absolute atomic E-state index is 0.0562. The summed E-state index contributed by atoms with van der Waals surface area (Å²) in [6, 6.07) is 17.5. The molecule has 2 heterocycles. The maximum Gasteiger partial charge on any atom is 0.255 e. The van der Waals surface area contributed by atoms with Gasteiger partial charge in [0.05, 0.1) is 29.5 Å². The summed E-state index contributed by atoms with van der Waals surface area (Å²) in [6.45, 7) is 1.44. The fraction of sp³-hybridized carbons (Fsp3) is 0.130. The van der Waals surface area contributed by atoms with Crippen molar-refractivity contribution in [3.8, 4) is 16.9 Å². The lowest BCUT2D eigenvalue weighted by Crippen LogP contribution is -2.32. The normalized spacial score (nSPS) is 13.6. The van der Waals surface area contributed by atoms with E-state index in [1.807, 2.05) is 23.1 Å². The number of fused-ring (bicyclic) bond motifs is 2. The number of H-pyrrole nitrogens is 1. The van der Waals surface area contributed by atoms with Crippen LogP contribution in [0.3, 0.4) is 0 Å². The lowest BCUT2D eigenvalue weighted by atomic mass is 10.0. The third-order valence-electron chi connectivity index (χ3n) is 5.24. The molecule has 30 heavy (non-hydrogen) atoms. The number of carbonyl (C=O) groups is 1. The first-order valence-corrected chi connectivity index (χ1v) is 10.7. The van der Waals surface area contributed by atoms with Gasteiger partial charge in [0.1, 0.15) is 12.4 Å². The zero-order valence-corrected chi connectivity index (χ0v) is 18.2. The third kappa shape index (κ3) is 3.57. The highest BCUT2D eigenvalue weighted by atomic mass is 79.9. The number of nitrogens with zero attached hydrogens (tertiary/aromatic N) is 2. The van der Waals surface area contributed by atoms with Crippen molar-refractivity contribution in [1.29, 1.82) is 0 Å². The fourth-order valence-corrected chi connectivity index (χ4v) is 4.55. The van der Waals surface area contributed by atoms with Crippen molar-refractivity contribution in [3.63, 3.8) is 0 Å². The van der Waals surface area contributed by atoms with Gasteiger partial charge in [0.25, 0.3) is 5.91 Å². The van der Waals surface area contributed by atoms with Gasteiger partial charge in [-0.05, 0) is 69.5 Å². The van der Waals surface area contributed by atoms with Crippen molar-refractivity contribution in [3.05, 3.63) is 81.5 Å². The van der Waals surface area contributed by atoms with E-state index < -0.39 is 0 Å². The van der Waals surface area contributed by atoms with Gasteiger partial charge in [-0.1, -0.05) is 23.7 Å². The lowest BCUT2D eigenvalue weighted by Gasteiger charge is -2.21. The van der Waals surface area contributed by atoms with Crippen LogP contribution in [0.2, 0.25) is 5.02 Å². The van der Waals surface area contributed by atoms with Crippen molar-refractivity contribution >= 4 is 44.5 Å². The summed E-state index contributed by atoms with van der Waals surface area (Å²) in [7, 11) is 0. The molecule has 0 radical (unpaired) electrons. The summed E-state index contributed by atoms with van der Waals surface area (Å²) in [4.78, 5) is 22.4. The van der Waals surface area contributed by atoms with Crippen LogP contribution >= 0.6 is 27.5 Å². The molecule has 0 atom stereocenters. The highest BCUT2D eigenvalue weighted by Gasteiger charge is 2.23. The maximum atomic E-state index is 13.2. The molecule has 0 aliphatic carbocycles. The average molecular weight is 483 g/mol. The molecule has 0 unspecified atom stereocenters. The Morgan fingerprint density at radius 1 is 1.10 bits per heavy atom. The van der Waals surface area contributed by atoms with Crippen molar-refractivity contribution in [2.45, 2.75) is 6.54 Å². The zero-order chi connectivity index (χ0) is 20.7. The second kappa shape index (κ2) is 7.78. The fourth-order valence-electron chi connectivity index (χ4n) is 3.70. The SMILES string of the molecule is O=C(c1ccc(Cl)cc1Br)N1CCOc2ccc(-c3ccc4nc[nH]c4c3)cc2C1. The van der Waals surface area contributed by atoms with Gasteiger partial charge in [0.2, 0.25) is 0 Å². The minimum Gasteiger partial charge on any atom is -0.491 e. The number of amides is 1. The van der Waals surface area contributed by atoms with Crippen LogP contribution in [-0.2, 0) is 6.54 Å². The number of nitrogens with one attached hydrogen (secondary N) is 1. The maximum absolute atomic E-state index is 13.2. The molecule has 1 aromatic heterocycles. The number of aromatic nitrogens is 2. The molecule has 0 saturated heterocycles. The predicted molar refractivity (Wildman–Crippen MR) is 121 cm³/mol. The summed E-state index contributed by atoms with van der Waals surface area (Å²) >= 11 is 9.48. The lowest BCUT2D eigenvalue weighted by molar-refractivity contribution is 0.0732. The van der Waals surface area contributed by atoms with Crippen LogP contribution in [0.4, 0.5) is 0 Å². The molecule has 1 aliphatic heterocycles. The molecule has 4 aromatic rings. The Hall–Kier alpha value is -2.83. The third-order valence-corrected chi connectivity index (χ3v) is 6.13. The van der Waals surface area contributed by atoms with E-state index in [0.29, 0.717) is 34.8 Å². The largest absolute Gasteiger partial charge is 0.491 e. The summed E-state index contributed by atoms with van der Waals surface area (Å²) < 4.78 is 6.61. The molecule has 1 amide bonds. The van der Waals surface area contributed by atoms with Gasteiger partial charge in [-0.2, -0.15) is 0 Å². The van der Waals surface area contributed by atoms with E-state index in [4.69, 9.17) is 16.3 Å². The van der Waals surface area contributed by atoms with E-state index in [-0.39, 0.29) is 5.91 Å². The van der Waals surface area contributed by atoms with Crippen molar-refractivity contribution < 1.29 is 9.53 Å². The summed E-state index contributed by atoms with van der Waals surface area (Å²) in [5, 5.41) is 0.585. The van der Waals surface area contributed by atoms with Crippen LogP contribution < -0.4 is 4.74 Å². The number of imidazole rings is 1. The topological polar surface area (TPSA) is 58.2 Å². The van der Waals surface area contributed by atoms with E-state index in [0.717, 1.165) is 33.5 Å². The van der Waals surface area contributed by atoms with E-state index in [9.17, 15) is 4.79 Å². The van der Waals surface area contributed by atoms with Gasteiger partial charge < -0.3 is 14.6 Å². The minimum atomic E-state index is -0.0562. The molecule has 3 aromatic carbocycles. The van der Waals surface area contributed by atoms with Gasteiger partial charge in [0.15, 0.2) is 0 Å². The van der Waals surface area contributed by atoms with Crippen molar-refractivity contribution in [2.24, 2.45) is 0 Å². The molecular weight excluding hydrogens is 466 g/mol. The highest BCUT2D eigenvalue weighted by Crippen LogP contribution is 2.31. The molecule has 1 aliphatic rings. The molecule has 0 spiro atoms. The van der Waals surface area contributed by atoms with E-state index >= 15 is 0 Å². The predicted octanol–water partition coefficient (Wildman–Crippen LogP) is 5.68. The Labute approximate surface area is 186 Å². The number of halogens is 2. The van der Waals surface area contributed by atoms with Crippen molar-refractivity contribution in [2.75, 3.05) is 13.2 Å². The highest BCUT2D eigenvalue weighted by molar-refractivity contribution is 9.10. The van der Waals surface area contributed by atoms with Crippen LogP contribution in [0.1, 0.15) is 15.9 Å². The number of hydrogen-bond acceptors (Lipinski definition) is 3. The smallest absolute Gasteiger partial charge is 0.255 e. The van der Waals surface area contributed by atoms with E-state index in [1.54, 1.807) is 24.5 Å². The molecular formula is C23H17BrClN3O2. The van der Waals surface area contributed by atoms with Gasteiger partial charge in [0, 0.05) is 21.6 Å². The average Bonchev–Trinajstić information content (AvgIpc) is 3.10. The first kappa shape index (κ1) is 19.2. The van der Waals surface area contributed by atoms with Crippen LogP contribution in [0.15, 0.2) is 65.4 Å². The number of aromatic amines is 1. The molecule has 0 bridgehead atoms. The number of hydrogen-bond donors (Lipinski definition) is 1. The molecule has 1 N–H and O–H groups in total. The Morgan fingerprint density at radius 3 is 2.80 bits per heavy atom. The Balaban J connectivity index is 1.47. The zero-order valence-electron chi connectivity index (χ0n) is 15.9. The van der Waals surface area contributed by atoms with Gasteiger partial charge in [-0.25, -0.2) is 4.98 Å². The second-order valence-electron chi connectivity index (χ2n) is 7.16. The molecule has 5 nitrogen and oxygen atoms in total. The summed E-state index contributed by atoms with van der Waals surface area (Å²) in [5.41, 5.74) is 5.63. The Kier molecular flexibility index (Phi) is 4.97. The van der Waals surface area contributed by atoms with Crippen LogP contribution in [0, 0.1) is 0 Å². The monoisotopic (exact) mass is 481 g/mol. The van der Waals surface area contributed by atoms with E-state index in [2.05, 4.69) is 44.1 Å². The first-order chi connectivity index (χ1) is 14.6. The Bertz CT molecular complexity index is 1270. The van der Waals surface area contributed by atoms with Crippen molar-refractivity contribution in [1.82, 2.24) is 14.9 Å². The quantitative estimate of drug-likeness (QED) is 0.400. The number of benzene rings is 3. The van der Waals surface area contributed by atoms with E-state index in [1.165, 1.54) is 0 Å². The number of carbonyl (C=O) groups excluding carboxylic acids is 1. The molecule has 0 saturated carbocycles. The second-order valence-corrected chi connectivity index (χ2v) is 8.45. The van der Waals surface area contributed by atoms with Gasteiger partial charge >= 0.3 is 0 Å². The van der Waals surface area contributed by atoms with Crippen LogP contribution in [0.25, 0.3) is 22.2 Å². The molecule has 5 rings (SSSR count). The van der Waals surface area contributed by atoms with Gasteiger partial charge in [-0.15, -0.1) is 0 Å². The number of rotatable bonds is 2. The molecule has 150 valence electrons. The molecule has 7 heteroatoms. The standard InChI is InChI=1S/C23H17BrClN3O2/c24-19-11-17(25)3-4-18(19)23(29)28-7-8-30-22-6-2-14(9-16(22)12-28)15-1-5-20-21(10-15)27-13-26-20/h1-6,9-11,13H,7-8,12H2,(H,26,27). The summed E-state index contributed by atoms with van der Waals surface area (Å²) in [6.07, 6.45) is 1.69. The first-order valence-electron chi connectivity index (χ1n) is 9.52. The van der Waals surface area contributed by atoms with Crippen LogP contribution in [-0.4, -0.2) is 33.9 Å². The molecule has 0 fully saturated rings.